The third-order valence-corrected chi connectivity index (χ3v) is 5.06. The molecule has 0 bridgehead atoms. The second-order valence-corrected chi connectivity index (χ2v) is 7.02. The first kappa shape index (κ1) is 19.9. The van der Waals surface area contributed by atoms with Gasteiger partial charge in [0.05, 0.1) is 19.6 Å². The number of amides is 2. The lowest BCUT2D eigenvalue weighted by Crippen LogP contribution is -2.28. The van der Waals surface area contributed by atoms with Crippen molar-refractivity contribution in [2.45, 2.75) is 13.3 Å². The summed E-state index contributed by atoms with van der Waals surface area (Å²) in [6.07, 6.45) is 0.147. The van der Waals surface area contributed by atoms with Crippen LogP contribution in [0, 0.1) is 5.92 Å². The molecule has 1 fully saturated rings. The number of fused-ring (bicyclic) bond motifs is 1. The van der Waals surface area contributed by atoms with Gasteiger partial charge in [0.25, 0.3) is 0 Å². The minimum absolute atomic E-state index is 0.101. The van der Waals surface area contributed by atoms with Crippen LogP contribution >= 0.6 is 0 Å². The summed E-state index contributed by atoms with van der Waals surface area (Å²) in [7, 11) is 1.55. The summed E-state index contributed by atoms with van der Waals surface area (Å²) in [5.74, 6) is 1.65. The van der Waals surface area contributed by atoms with E-state index in [-0.39, 0.29) is 18.2 Å². The quantitative estimate of drug-likeness (QED) is 0.785. The molecular formula is C22H24N2O6. The summed E-state index contributed by atoms with van der Waals surface area (Å²) in [5.41, 5.74) is 1.29. The monoisotopic (exact) mass is 412 g/mol. The maximum Gasteiger partial charge on any atom is 0.229 e. The predicted octanol–water partition coefficient (Wildman–Crippen LogP) is 2.86. The highest BCUT2D eigenvalue weighted by molar-refractivity contribution is 6.03. The maximum absolute atomic E-state index is 12.8. The SMILES string of the molecule is CCOc1ccc(NC(=O)[C@@H]2CC(=O)N(c3ccc4c(c3)OCCO4)C2)cc1OC. The number of carbonyl (C=O) groups is 2. The van der Waals surface area contributed by atoms with Crippen molar-refractivity contribution in [2.24, 2.45) is 5.92 Å². The van der Waals surface area contributed by atoms with Crippen LogP contribution in [0.2, 0.25) is 0 Å². The molecule has 0 unspecified atom stereocenters. The Morgan fingerprint density at radius 1 is 1.13 bits per heavy atom. The van der Waals surface area contributed by atoms with Gasteiger partial charge in [-0.05, 0) is 31.2 Å². The highest BCUT2D eigenvalue weighted by atomic mass is 16.6. The molecule has 2 aliphatic rings. The summed E-state index contributed by atoms with van der Waals surface area (Å²) >= 11 is 0. The molecule has 2 heterocycles. The fourth-order valence-electron chi connectivity index (χ4n) is 3.60. The van der Waals surface area contributed by atoms with Crippen molar-refractivity contribution in [3.05, 3.63) is 36.4 Å². The first-order valence-electron chi connectivity index (χ1n) is 9.90. The summed E-state index contributed by atoms with van der Waals surface area (Å²) in [6.45, 7) is 3.69. The molecule has 1 N–H and O–H groups in total. The Hall–Kier alpha value is -3.42. The van der Waals surface area contributed by atoms with Gasteiger partial charge in [0.15, 0.2) is 23.0 Å². The van der Waals surface area contributed by atoms with E-state index in [0.29, 0.717) is 60.7 Å². The minimum Gasteiger partial charge on any atom is -0.493 e. The number of hydrogen-bond acceptors (Lipinski definition) is 6. The molecule has 0 radical (unpaired) electrons. The van der Waals surface area contributed by atoms with Crippen LogP contribution in [0.5, 0.6) is 23.0 Å². The Morgan fingerprint density at radius 3 is 2.70 bits per heavy atom. The number of nitrogens with zero attached hydrogens (tertiary/aromatic N) is 1. The molecule has 2 amide bonds. The standard InChI is InChI=1S/C22H24N2O6/c1-3-28-17-6-4-15(11-19(17)27-2)23-22(26)14-10-21(25)24(13-14)16-5-7-18-20(12-16)30-9-8-29-18/h4-7,11-12,14H,3,8-10,13H2,1-2H3,(H,23,26)/t14-/m1/s1. The number of carbonyl (C=O) groups excluding carboxylic acids is 2. The van der Waals surface area contributed by atoms with Gasteiger partial charge < -0.3 is 29.2 Å². The third-order valence-electron chi connectivity index (χ3n) is 5.06. The largest absolute Gasteiger partial charge is 0.493 e. The van der Waals surface area contributed by atoms with Crippen molar-refractivity contribution in [1.29, 1.82) is 0 Å². The van der Waals surface area contributed by atoms with Crippen LogP contribution < -0.4 is 29.2 Å². The first-order valence-corrected chi connectivity index (χ1v) is 9.90. The van der Waals surface area contributed by atoms with E-state index in [4.69, 9.17) is 18.9 Å². The molecule has 158 valence electrons. The fraction of sp³-hybridized carbons (Fsp3) is 0.364. The van der Waals surface area contributed by atoms with Gasteiger partial charge in [0.2, 0.25) is 11.8 Å². The number of ether oxygens (including phenoxy) is 4. The minimum atomic E-state index is -0.455. The van der Waals surface area contributed by atoms with Crippen LogP contribution in [0.25, 0.3) is 0 Å². The molecule has 0 spiro atoms. The molecule has 8 heteroatoms. The highest BCUT2D eigenvalue weighted by Gasteiger charge is 2.35. The average molecular weight is 412 g/mol. The number of methoxy groups -OCH3 is 1. The van der Waals surface area contributed by atoms with Crippen molar-refractivity contribution in [3.63, 3.8) is 0 Å². The number of hydrogen-bond donors (Lipinski definition) is 1. The normalized spacial score (nSPS) is 17.6. The van der Waals surface area contributed by atoms with Crippen molar-refractivity contribution < 1.29 is 28.5 Å². The molecule has 4 rings (SSSR count). The van der Waals surface area contributed by atoms with E-state index >= 15 is 0 Å². The molecule has 0 saturated carbocycles. The Labute approximate surface area is 174 Å². The van der Waals surface area contributed by atoms with E-state index in [1.54, 1.807) is 42.3 Å². The molecule has 2 aromatic carbocycles. The average Bonchev–Trinajstić information content (AvgIpc) is 3.16. The highest BCUT2D eigenvalue weighted by Crippen LogP contribution is 2.36. The summed E-state index contributed by atoms with van der Waals surface area (Å²) < 4.78 is 21.9. The van der Waals surface area contributed by atoms with E-state index < -0.39 is 5.92 Å². The Balaban J connectivity index is 1.44. The van der Waals surface area contributed by atoms with Gasteiger partial charge in [-0.15, -0.1) is 0 Å². The van der Waals surface area contributed by atoms with Crippen molar-refractivity contribution >= 4 is 23.2 Å². The van der Waals surface area contributed by atoms with E-state index in [0.717, 1.165) is 0 Å². The topological polar surface area (TPSA) is 86.3 Å². The van der Waals surface area contributed by atoms with Crippen LogP contribution in [0.15, 0.2) is 36.4 Å². The van der Waals surface area contributed by atoms with Gasteiger partial charge in [-0.2, -0.15) is 0 Å². The van der Waals surface area contributed by atoms with Crippen molar-refractivity contribution in [3.8, 4) is 23.0 Å². The molecule has 2 aromatic rings. The van der Waals surface area contributed by atoms with Gasteiger partial charge in [0, 0.05) is 36.5 Å². The van der Waals surface area contributed by atoms with Crippen LogP contribution in [-0.2, 0) is 9.59 Å². The summed E-state index contributed by atoms with van der Waals surface area (Å²) in [6, 6.07) is 10.6. The smallest absolute Gasteiger partial charge is 0.229 e. The lowest BCUT2D eigenvalue weighted by atomic mass is 10.1. The van der Waals surface area contributed by atoms with Gasteiger partial charge >= 0.3 is 0 Å². The van der Waals surface area contributed by atoms with E-state index in [1.165, 1.54) is 0 Å². The van der Waals surface area contributed by atoms with E-state index in [9.17, 15) is 9.59 Å². The molecule has 0 aromatic heterocycles. The molecule has 8 nitrogen and oxygen atoms in total. The summed E-state index contributed by atoms with van der Waals surface area (Å²) in [5, 5.41) is 2.87. The van der Waals surface area contributed by atoms with E-state index in [1.807, 2.05) is 13.0 Å². The Bertz CT molecular complexity index is 961. The molecule has 1 saturated heterocycles. The first-order chi connectivity index (χ1) is 14.6. The Morgan fingerprint density at radius 2 is 1.93 bits per heavy atom. The molecule has 0 aliphatic carbocycles. The lowest BCUT2D eigenvalue weighted by Gasteiger charge is -2.22. The maximum atomic E-state index is 12.8. The van der Waals surface area contributed by atoms with Crippen LogP contribution in [0.1, 0.15) is 13.3 Å². The number of rotatable bonds is 6. The molecule has 1 atom stereocenters. The van der Waals surface area contributed by atoms with Gasteiger partial charge in [0.1, 0.15) is 13.2 Å². The van der Waals surface area contributed by atoms with Gasteiger partial charge in [-0.25, -0.2) is 0 Å². The van der Waals surface area contributed by atoms with Gasteiger partial charge in [-0.3, -0.25) is 9.59 Å². The van der Waals surface area contributed by atoms with Crippen LogP contribution in [-0.4, -0.2) is 45.3 Å². The van der Waals surface area contributed by atoms with Crippen molar-refractivity contribution in [1.82, 2.24) is 0 Å². The van der Waals surface area contributed by atoms with E-state index in [2.05, 4.69) is 5.32 Å². The molecular weight excluding hydrogens is 388 g/mol. The lowest BCUT2D eigenvalue weighted by molar-refractivity contribution is -0.122. The number of benzene rings is 2. The van der Waals surface area contributed by atoms with Crippen LogP contribution in [0.3, 0.4) is 0 Å². The molecule has 30 heavy (non-hydrogen) atoms. The summed E-state index contributed by atoms with van der Waals surface area (Å²) in [4.78, 5) is 27.0. The third kappa shape index (κ3) is 3.98. The second kappa shape index (κ2) is 8.52. The number of nitrogens with one attached hydrogen (secondary N) is 1. The second-order valence-electron chi connectivity index (χ2n) is 7.02. The molecule has 2 aliphatic heterocycles. The zero-order chi connectivity index (χ0) is 21.1. The van der Waals surface area contributed by atoms with Gasteiger partial charge in [-0.1, -0.05) is 0 Å². The fourth-order valence-corrected chi connectivity index (χ4v) is 3.60. The van der Waals surface area contributed by atoms with Crippen molar-refractivity contribution in [2.75, 3.05) is 43.7 Å². The van der Waals surface area contributed by atoms with Crippen LogP contribution in [0.4, 0.5) is 11.4 Å². The zero-order valence-corrected chi connectivity index (χ0v) is 17.0. The number of anilines is 2. The Kier molecular flexibility index (Phi) is 5.65. The zero-order valence-electron chi connectivity index (χ0n) is 17.0. The predicted molar refractivity (Wildman–Crippen MR) is 111 cm³/mol.